The van der Waals surface area contributed by atoms with E-state index in [1.54, 1.807) is 79.7 Å². The molecule has 0 saturated carbocycles. The fraction of sp³-hybridized carbons (Fsp3) is 0.0370. The summed E-state index contributed by atoms with van der Waals surface area (Å²) < 4.78 is 2.81. The number of aromatic hydroxyl groups is 1. The van der Waals surface area contributed by atoms with Gasteiger partial charge in [-0.25, -0.2) is 0 Å². The van der Waals surface area contributed by atoms with Gasteiger partial charge in [0.2, 0.25) is 5.88 Å². The minimum Gasteiger partial charge on any atom is -0.494 e. The van der Waals surface area contributed by atoms with Gasteiger partial charge in [0.15, 0.2) is 4.77 Å². The molecule has 36 heavy (non-hydrogen) atoms. The van der Waals surface area contributed by atoms with Gasteiger partial charge in [-0.1, -0.05) is 54.1 Å². The van der Waals surface area contributed by atoms with Crippen LogP contribution >= 0.6 is 23.8 Å². The van der Waals surface area contributed by atoms with E-state index in [-0.39, 0.29) is 21.8 Å². The molecule has 0 aliphatic carbocycles. The summed E-state index contributed by atoms with van der Waals surface area (Å²) in [7, 11) is 0. The van der Waals surface area contributed by atoms with E-state index in [1.165, 1.54) is 20.2 Å². The SMILES string of the molecule is CC1=NN(c2cccc(Cl)c2)C(=O)/C1=C/c1c(O)n(-c2ccccc2)c(=S)n(-c2ccccc2)c1=O. The van der Waals surface area contributed by atoms with Gasteiger partial charge in [0.1, 0.15) is 5.56 Å². The van der Waals surface area contributed by atoms with Crippen LogP contribution in [0, 0.1) is 4.77 Å². The zero-order chi connectivity index (χ0) is 25.4. The molecule has 0 atom stereocenters. The fourth-order valence-electron chi connectivity index (χ4n) is 3.97. The number of carbonyl (C=O) groups is 1. The Hall–Kier alpha value is -4.27. The lowest BCUT2D eigenvalue weighted by molar-refractivity contribution is -0.114. The Morgan fingerprint density at radius 3 is 2.06 bits per heavy atom. The summed E-state index contributed by atoms with van der Waals surface area (Å²) in [4.78, 5) is 27.0. The standard InChI is InChI=1S/C27H19ClN4O3S/c1-17-22(26(35)32(29-17)21-14-8-9-18(28)15-21)16-23-24(33)30(19-10-4-2-5-11-19)27(36)31(25(23)34)20-12-6-3-7-13-20/h2-16,33H,1H3/b22-16+. The van der Waals surface area contributed by atoms with Crippen molar-refractivity contribution in [3.05, 3.63) is 116 Å². The van der Waals surface area contributed by atoms with Crippen LogP contribution in [0.3, 0.4) is 0 Å². The summed E-state index contributed by atoms with van der Waals surface area (Å²) in [5.74, 6) is -0.828. The number of benzene rings is 3. The third-order valence-electron chi connectivity index (χ3n) is 5.70. The number of amides is 1. The maximum absolute atomic E-state index is 13.7. The number of anilines is 1. The van der Waals surface area contributed by atoms with Crippen molar-refractivity contribution in [1.29, 1.82) is 0 Å². The lowest BCUT2D eigenvalue weighted by Gasteiger charge is -2.17. The molecule has 1 aliphatic heterocycles. The zero-order valence-corrected chi connectivity index (χ0v) is 20.6. The Morgan fingerprint density at radius 2 is 1.44 bits per heavy atom. The van der Waals surface area contributed by atoms with E-state index in [1.807, 2.05) is 12.1 Å². The van der Waals surface area contributed by atoms with Gasteiger partial charge in [0.05, 0.1) is 28.3 Å². The van der Waals surface area contributed by atoms with Gasteiger partial charge in [0.25, 0.3) is 11.5 Å². The van der Waals surface area contributed by atoms with E-state index < -0.39 is 11.5 Å². The molecule has 0 bridgehead atoms. The molecule has 3 aromatic carbocycles. The molecule has 4 aromatic rings. The first-order valence-corrected chi connectivity index (χ1v) is 11.7. The predicted octanol–water partition coefficient (Wildman–Crippen LogP) is 5.52. The maximum Gasteiger partial charge on any atom is 0.280 e. The van der Waals surface area contributed by atoms with E-state index in [9.17, 15) is 14.7 Å². The van der Waals surface area contributed by atoms with E-state index in [0.29, 0.717) is 27.8 Å². The van der Waals surface area contributed by atoms with Gasteiger partial charge < -0.3 is 5.11 Å². The molecule has 1 aromatic heterocycles. The van der Waals surface area contributed by atoms with E-state index >= 15 is 0 Å². The highest BCUT2D eigenvalue weighted by Gasteiger charge is 2.30. The molecule has 1 amide bonds. The molecule has 0 spiro atoms. The normalized spacial score (nSPS) is 14.4. The molecule has 5 rings (SSSR count). The second kappa shape index (κ2) is 9.41. The van der Waals surface area contributed by atoms with Crippen LogP contribution in [0.2, 0.25) is 5.02 Å². The van der Waals surface area contributed by atoms with Crippen molar-refractivity contribution in [1.82, 2.24) is 9.13 Å². The third-order valence-corrected chi connectivity index (χ3v) is 6.30. The topological polar surface area (TPSA) is 79.8 Å². The highest BCUT2D eigenvalue weighted by molar-refractivity contribution is 7.71. The average molecular weight is 515 g/mol. The van der Waals surface area contributed by atoms with Crippen molar-refractivity contribution >= 4 is 47.2 Å². The fourth-order valence-corrected chi connectivity index (χ4v) is 4.53. The first kappa shape index (κ1) is 23.5. The first-order chi connectivity index (χ1) is 17.4. The largest absolute Gasteiger partial charge is 0.494 e. The van der Waals surface area contributed by atoms with Crippen LogP contribution in [0.4, 0.5) is 5.69 Å². The van der Waals surface area contributed by atoms with Gasteiger partial charge in [-0.2, -0.15) is 10.1 Å². The second-order valence-electron chi connectivity index (χ2n) is 8.01. The van der Waals surface area contributed by atoms with E-state index in [0.717, 1.165) is 0 Å². The van der Waals surface area contributed by atoms with E-state index in [4.69, 9.17) is 23.8 Å². The molecule has 1 aliphatic rings. The van der Waals surface area contributed by atoms with Crippen molar-refractivity contribution in [2.24, 2.45) is 5.10 Å². The van der Waals surface area contributed by atoms with Crippen LogP contribution in [0.1, 0.15) is 12.5 Å². The molecule has 2 heterocycles. The number of halogens is 1. The number of hydrogen-bond acceptors (Lipinski definition) is 5. The van der Waals surface area contributed by atoms with Crippen LogP contribution in [0.5, 0.6) is 5.88 Å². The summed E-state index contributed by atoms with van der Waals surface area (Å²) in [5, 5.41) is 17.3. The van der Waals surface area contributed by atoms with Crippen LogP contribution < -0.4 is 10.6 Å². The predicted molar refractivity (Wildman–Crippen MR) is 144 cm³/mol. The van der Waals surface area contributed by atoms with Gasteiger partial charge in [-0.3, -0.25) is 18.7 Å². The monoisotopic (exact) mass is 514 g/mol. The minimum absolute atomic E-state index is 0.0840. The quantitative estimate of drug-likeness (QED) is 0.287. The number of hydrazone groups is 1. The summed E-state index contributed by atoms with van der Waals surface area (Å²) in [5.41, 5.74) is 1.47. The number of nitrogens with zero attached hydrogens (tertiary/aromatic N) is 4. The van der Waals surface area contributed by atoms with Gasteiger partial charge in [-0.15, -0.1) is 0 Å². The first-order valence-electron chi connectivity index (χ1n) is 11.0. The number of carbonyl (C=O) groups excluding carboxylic acids is 1. The maximum atomic E-state index is 13.7. The summed E-state index contributed by atoms with van der Waals surface area (Å²) in [6, 6.07) is 24.6. The minimum atomic E-state index is -0.565. The van der Waals surface area contributed by atoms with Crippen molar-refractivity contribution < 1.29 is 9.90 Å². The number of hydrogen-bond donors (Lipinski definition) is 1. The van der Waals surface area contributed by atoms with E-state index in [2.05, 4.69) is 5.10 Å². The molecular weight excluding hydrogens is 496 g/mol. The Kier molecular flexibility index (Phi) is 6.13. The molecule has 7 nitrogen and oxygen atoms in total. The molecule has 0 radical (unpaired) electrons. The molecule has 1 N–H and O–H groups in total. The second-order valence-corrected chi connectivity index (χ2v) is 8.81. The average Bonchev–Trinajstić information content (AvgIpc) is 3.16. The molecular formula is C27H19ClN4O3S. The lowest BCUT2D eigenvalue weighted by atomic mass is 10.1. The number of aromatic nitrogens is 2. The van der Waals surface area contributed by atoms with Crippen molar-refractivity contribution in [2.45, 2.75) is 6.92 Å². The Bertz CT molecular complexity index is 1680. The highest BCUT2D eigenvalue weighted by Crippen LogP contribution is 2.29. The van der Waals surface area contributed by atoms with Gasteiger partial charge >= 0.3 is 0 Å². The van der Waals surface area contributed by atoms with Crippen molar-refractivity contribution in [3.63, 3.8) is 0 Å². The highest BCUT2D eigenvalue weighted by atomic mass is 35.5. The van der Waals surface area contributed by atoms with Gasteiger partial charge in [-0.05, 0) is 67.7 Å². The van der Waals surface area contributed by atoms with Crippen molar-refractivity contribution in [3.8, 4) is 17.3 Å². The zero-order valence-electron chi connectivity index (χ0n) is 19.0. The molecule has 0 fully saturated rings. The third kappa shape index (κ3) is 4.06. The smallest absolute Gasteiger partial charge is 0.280 e. The van der Waals surface area contributed by atoms with Gasteiger partial charge in [0, 0.05) is 5.02 Å². The summed E-state index contributed by atoms with van der Waals surface area (Å²) in [6.07, 6.45) is 1.36. The number of rotatable bonds is 4. The Balaban J connectivity index is 1.74. The van der Waals surface area contributed by atoms with Crippen LogP contribution in [0.25, 0.3) is 17.5 Å². The van der Waals surface area contributed by atoms with Crippen LogP contribution in [-0.2, 0) is 4.79 Å². The Labute approximate surface area is 216 Å². The summed E-state index contributed by atoms with van der Waals surface area (Å²) >= 11 is 11.7. The molecule has 178 valence electrons. The molecule has 0 unspecified atom stereocenters. The van der Waals surface area contributed by atoms with Crippen molar-refractivity contribution in [2.75, 3.05) is 5.01 Å². The Morgan fingerprint density at radius 1 is 0.861 bits per heavy atom. The lowest BCUT2D eigenvalue weighted by Crippen LogP contribution is -2.26. The number of para-hydroxylation sites is 2. The molecule has 9 heteroatoms. The van der Waals surface area contributed by atoms with Crippen LogP contribution in [0.15, 0.2) is 100 Å². The summed E-state index contributed by atoms with van der Waals surface area (Å²) in [6.45, 7) is 1.66. The molecule has 0 saturated heterocycles. The van der Waals surface area contributed by atoms with Crippen LogP contribution in [-0.4, -0.2) is 25.9 Å².